The van der Waals surface area contributed by atoms with Gasteiger partial charge in [0.25, 0.3) is 0 Å². The van der Waals surface area contributed by atoms with Crippen LogP contribution in [-0.2, 0) is 4.79 Å². The molecular formula is C13H8BrClO2S. The number of carbonyl (C=O) groups is 1. The molecule has 0 amide bonds. The van der Waals surface area contributed by atoms with E-state index in [-0.39, 0.29) is 0 Å². The fraction of sp³-hybridized carbons (Fsp3) is 0. The molecule has 0 saturated heterocycles. The van der Waals surface area contributed by atoms with Crippen molar-refractivity contribution in [1.82, 2.24) is 0 Å². The molecule has 0 saturated carbocycles. The molecule has 92 valence electrons. The molecule has 1 N–H and O–H groups in total. The fourth-order valence-electron chi connectivity index (χ4n) is 1.40. The summed E-state index contributed by atoms with van der Waals surface area (Å²) in [5, 5.41) is 9.23. The van der Waals surface area contributed by atoms with Gasteiger partial charge < -0.3 is 5.11 Å². The number of halogens is 2. The third-order valence-electron chi connectivity index (χ3n) is 2.22. The second-order valence-electron chi connectivity index (χ2n) is 3.50. The van der Waals surface area contributed by atoms with Crippen LogP contribution in [0, 0.1) is 0 Å². The molecule has 2 rings (SSSR count). The Labute approximate surface area is 122 Å². The van der Waals surface area contributed by atoms with Gasteiger partial charge in [0, 0.05) is 20.3 Å². The van der Waals surface area contributed by atoms with Crippen molar-refractivity contribution >= 4 is 50.9 Å². The van der Waals surface area contributed by atoms with Gasteiger partial charge in [-0.25, -0.2) is 4.79 Å². The van der Waals surface area contributed by atoms with E-state index in [4.69, 9.17) is 16.7 Å². The number of hydrogen-bond acceptors (Lipinski definition) is 2. The quantitative estimate of drug-likeness (QED) is 0.802. The summed E-state index contributed by atoms with van der Waals surface area (Å²) in [5.74, 6) is -0.945. The van der Waals surface area contributed by atoms with E-state index in [2.05, 4.69) is 15.9 Å². The van der Waals surface area contributed by atoms with E-state index in [0.29, 0.717) is 5.02 Å². The molecule has 2 aromatic rings. The second kappa shape index (κ2) is 5.69. The highest BCUT2D eigenvalue weighted by molar-refractivity contribution is 9.10. The van der Waals surface area contributed by atoms with Crippen molar-refractivity contribution in [3.63, 3.8) is 0 Å². The van der Waals surface area contributed by atoms with E-state index in [0.717, 1.165) is 25.9 Å². The van der Waals surface area contributed by atoms with Crippen LogP contribution in [0.1, 0.15) is 4.88 Å². The maximum Gasteiger partial charge on any atom is 0.328 e. The zero-order valence-corrected chi connectivity index (χ0v) is 12.2. The first-order valence-electron chi connectivity index (χ1n) is 5.02. The Bertz CT molecular complexity index is 619. The Morgan fingerprint density at radius 2 is 2.11 bits per heavy atom. The van der Waals surface area contributed by atoms with Gasteiger partial charge in [0.05, 0.1) is 5.02 Å². The van der Waals surface area contributed by atoms with E-state index in [1.165, 1.54) is 11.3 Å². The fourth-order valence-corrected chi connectivity index (χ4v) is 2.80. The number of aliphatic carboxylic acids is 1. The van der Waals surface area contributed by atoms with E-state index in [1.807, 2.05) is 30.3 Å². The molecule has 0 fully saturated rings. The average Bonchev–Trinajstić information content (AvgIpc) is 2.79. The summed E-state index contributed by atoms with van der Waals surface area (Å²) >= 11 is 10.8. The number of thiophene rings is 1. The molecule has 0 radical (unpaired) electrons. The summed E-state index contributed by atoms with van der Waals surface area (Å²) in [6.45, 7) is 0. The van der Waals surface area contributed by atoms with Crippen molar-refractivity contribution in [2.24, 2.45) is 0 Å². The molecule has 18 heavy (non-hydrogen) atoms. The van der Waals surface area contributed by atoms with Gasteiger partial charge in [-0.15, -0.1) is 11.3 Å². The zero-order valence-electron chi connectivity index (χ0n) is 9.06. The summed E-state index contributed by atoms with van der Waals surface area (Å²) in [4.78, 5) is 12.4. The summed E-state index contributed by atoms with van der Waals surface area (Å²) in [7, 11) is 0. The molecule has 1 heterocycles. The van der Waals surface area contributed by atoms with Crippen LogP contribution in [0.2, 0.25) is 5.02 Å². The van der Waals surface area contributed by atoms with Crippen LogP contribution in [0.5, 0.6) is 0 Å². The molecule has 0 atom stereocenters. The van der Waals surface area contributed by atoms with Crippen molar-refractivity contribution in [2.75, 3.05) is 0 Å². The molecule has 0 spiro atoms. The predicted octanol–water partition coefficient (Wildman–Crippen LogP) is 4.93. The molecule has 2 nitrogen and oxygen atoms in total. The molecule has 5 heteroatoms. The van der Waals surface area contributed by atoms with E-state index < -0.39 is 5.97 Å². The first-order valence-corrected chi connectivity index (χ1v) is 7.01. The molecule has 0 aliphatic rings. The van der Waals surface area contributed by atoms with Gasteiger partial charge in [-0.3, -0.25) is 0 Å². The second-order valence-corrected chi connectivity index (χ2v) is 5.88. The van der Waals surface area contributed by atoms with Gasteiger partial charge >= 0.3 is 5.97 Å². The highest BCUT2D eigenvalue weighted by Gasteiger charge is 2.04. The van der Waals surface area contributed by atoms with E-state index in [9.17, 15) is 4.79 Å². The number of carboxylic acids is 1. The lowest BCUT2D eigenvalue weighted by atomic mass is 10.2. The van der Waals surface area contributed by atoms with Crippen LogP contribution in [0.4, 0.5) is 0 Å². The lowest BCUT2D eigenvalue weighted by molar-refractivity contribution is -0.131. The maximum atomic E-state index is 10.4. The SMILES string of the molecule is O=C(O)C=Cc1ccc(-c2ccc(Cl)c(Br)c2)s1. The Balaban J connectivity index is 2.29. The monoisotopic (exact) mass is 342 g/mol. The minimum Gasteiger partial charge on any atom is -0.478 e. The van der Waals surface area contributed by atoms with Gasteiger partial charge in [-0.05, 0) is 51.8 Å². The molecule has 0 unspecified atom stereocenters. The van der Waals surface area contributed by atoms with Crippen LogP contribution < -0.4 is 0 Å². The zero-order chi connectivity index (χ0) is 13.1. The molecule has 1 aromatic carbocycles. The van der Waals surface area contributed by atoms with Gasteiger partial charge in [0.1, 0.15) is 0 Å². The predicted molar refractivity (Wildman–Crippen MR) is 79.1 cm³/mol. The van der Waals surface area contributed by atoms with Gasteiger partial charge in [0.2, 0.25) is 0 Å². The number of hydrogen-bond donors (Lipinski definition) is 1. The summed E-state index contributed by atoms with van der Waals surface area (Å²) < 4.78 is 0.845. The van der Waals surface area contributed by atoms with E-state index in [1.54, 1.807) is 6.08 Å². The van der Waals surface area contributed by atoms with Gasteiger partial charge in [-0.1, -0.05) is 17.7 Å². The van der Waals surface area contributed by atoms with Crippen molar-refractivity contribution in [1.29, 1.82) is 0 Å². The largest absolute Gasteiger partial charge is 0.478 e. The van der Waals surface area contributed by atoms with Crippen molar-refractivity contribution in [3.05, 3.63) is 50.8 Å². The van der Waals surface area contributed by atoms with Crippen LogP contribution in [-0.4, -0.2) is 11.1 Å². The Morgan fingerprint density at radius 3 is 2.78 bits per heavy atom. The van der Waals surface area contributed by atoms with Crippen LogP contribution in [0.25, 0.3) is 16.5 Å². The van der Waals surface area contributed by atoms with Crippen LogP contribution >= 0.6 is 38.9 Å². The standard InChI is InChI=1S/C13H8BrClO2S/c14-10-7-8(1-4-11(10)15)12-5-2-9(18-12)3-6-13(16)17/h1-7H,(H,16,17). The van der Waals surface area contributed by atoms with Gasteiger partial charge in [0.15, 0.2) is 0 Å². The first-order chi connectivity index (χ1) is 8.56. The highest BCUT2D eigenvalue weighted by Crippen LogP contribution is 2.33. The van der Waals surface area contributed by atoms with Crippen LogP contribution in [0.15, 0.2) is 40.9 Å². The van der Waals surface area contributed by atoms with Crippen molar-refractivity contribution < 1.29 is 9.90 Å². The number of benzene rings is 1. The number of carboxylic acid groups (broad SMARTS) is 1. The van der Waals surface area contributed by atoms with Gasteiger partial charge in [-0.2, -0.15) is 0 Å². The molecule has 0 bridgehead atoms. The maximum absolute atomic E-state index is 10.4. The lowest BCUT2D eigenvalue weighted by Gasteiger charge is -2.00. The van der Waals surface area contributed by atoms with Crippen molar-refractivity contribution in [3.8, 4) is 10.4 Å². The summed E-state index contributed by atoms with van der Waals surface area (Å²) in [6.07, 6.45) is 2.72. The smallest absolute Gasteiger partial charge is 0.328 e. The third-order valence-corrected chi connectivity index (χ3v) is 4.53. The van der Waals surface area contributed by atoms with Crippen LogP contribution in [0.3, 0.4) is 0 Å². The highest BCUT2D eigenvalue weighted by atomic mass is 79.9. The lowest BCUT2D eigenvalue weighted by Crippen LogP contribution is -1.84. The Morgan fingerprint density at radius 1 is 1.33 bits per heavy atom. The normalized spacial score (nSPS) is 11.0. The average molecular weight is 344 g/mol. The molecule has 1 aromatic heterocycles. The third kappa shape index (κ3) is 3.22. The number of rotatable bonds is 3. The van der Waals surface area contributed by atoms with Crippen molar-refractivity contribution in [2.45, 2.75) is 0 Å². The molecule has 0 aliphatic carbocycles. The topological polar surface area (TPSA) is 37.3 Å². The molecular weight excluding hydrogens is 336 g/mol. The minimum atomic E-state index is -0.945. The summed E-state index contributed by atoms with van der Waals surface area (Å²) in [6, 6.07) is 9.56. The Kier molecular flexibility index (Phi) is 4.22. The first kappa shape index (κ1) is 13.3. The summed E-state index contributed by atoms with van der Waals surface area (Å²) in [5.41, 5.74) is 1.05. The van der Waals surface area contributed by atoms with E-state index >= 15 is 0 Å². The Hall–Kier alpha value is -1.10. The minimum absolute atomic E-state index is 0.668. The molecule has 0 aliphatic heterocycles.